The molecule has 0 saturated heterocycles. The number of benzene rings is 3. The van der Waals surface area contributed by atoms with Crippen LogP contribution in [0.25, 0.3) is 10.8 Å². The van der Waals surface area contributed by atoms with Crippen molar-refractivity contribution >= 4 is 38.4 Å². The van der Waals surface area contributed by atoms with Gasteiger partial charge in [0.1, 0.15) is 17.3 Å². The number of carbonyl (C=O) groups excluding carboxylic acids is 2. The van der Waals surface area contributed by atoms with E-state index in [9.17, 15) is 22.4 Å². The monoisotopic (exact) mass is 416 g/mol. The van der Waals surface area contributed by atoms with Gasteiger partial charge in [-0.05, 0) is 35.0 Å². The number of nitrogens with one attached hydrogen (secondary N) is 2. The van der Waals surface area contributed by atoms with Crippen molar-refractivity contribution in [2.75, 3.05) is 18.5 Å². The van der Waals surface area contributed by atoms with Gasteiger partial charge in [-0.25, -0.2) is 12.8 Å². The number of hydrogen-bond donors (Lipinski definition) is 2. The van der Waals surface area contributed by atoms with Crippen LogP contribution in [0.15, 0.2) is 71.6 Å². The summed E-state index contributed by atoms with van der Waals surface area (Å²) in [5.41, 5.74) is 0.532. The van der Waals surface area contributed by atoms with Crippen LogP contribution in [0.2, 0.25) is 0 Å². The minimum atomic E-state index is -4.22. The van der Waals surface area contributed by atoms with E-state index in [0.29, 0.717) is 5.69 Å². The maximum absolute atomic E-state index is 13.6. The van der Waals surface area contributed by atoms with Crippen LogP contribution in [0.3, 0.4) is 0 Å². The van der Waals surface area contributed by atoms with Gasteiger partial charge in [0.25, 0.3) is 5.91 Å². The summed E-state index contributed by atoms with van der Waals surface area (Å²) < 4.78 is 44.3. The topological polar surface area (TPSA) is 102 Å². The van der Waals surface area contributed by atoms with Gasteiger partial charge in [0, 0.05) is 5.69 Å². The van der Waals surface area contributed by atoms with Gasteiger partial charge in [-0.15, -0.1) is 0 Å². The fraction of sp³-hybridized carbons (Fsp3) is 0.100. The number of ether oxygens (including phenoxy) is 1. The van der Waals surface area contributed by atoms with E-state index in [1.165, 1.54) is 12.1 Å². The van der Waals surface area contributed by atoms with Crippen molar-refractivity contribution in [1.82, 2.24) is 4.72 Å². The van der Waals surface area contributed by atoms with Crippen LogP contribution in [0.1, 0.15) is 0 Å². The highest BCUT2D eigenvalue weighted by Gasteiger charge is 2.20. The lowest BCUT2D eigenvalue weighted by Crippen LogP contribution is -2.32. The average Bonchev–Trinajstić information content (AvgIpc) is 2.71. The Balaban J connectivity index is 1.49. The molecule has 0 fully saturated rings. The average molecular weight is 416 g/mol. The predicted molar refractivity (Wildman–Crippen MR) is 105 cm³/mol. The molecule has 29 heavy (non-hydrogen) atoms. The summed E-state index contributed by atoms with van der Waals surface area (Å²) in [5, 5.41) is 4.54. The van der Waals surface area contributed by atoms with E-state index in [1.54, 1.807) is 12.1 Å². The quantitative estimate of drug-likeness (QED) is 0.576. The van der Waals surface area contributed by atoms with E-state index < -0.39 is 45.8 Å². The van der Waals surface area contributed by atoms with Crippen molar-refractivity contribution in [2.45, 2.75) is 4.90 Å². The molecule has 0 radical (unpaired) electrons. The molecule has 3 aromatic carbocycles. The summed E-state index contributed by atoms with van der Waals surface area (Å²) in [6.45, 7) is -1.33. The molecule has 1 amide bonds. The lowest BCUT2D eigenvalue weighted by atomic mass is 10.1. The smallest absolute Gasteiger partial charge is 0.321 e. The van der Waals surface area contributed by atoms with Crippen LogP contribution < -0.4 is 10.0 Å². The Morgan fingerprint density at radius 2 is 1.62 bits per heavy atom. The second kappa shape index (κ2) is 8.80. The zero-order valence-electron chi connectivity index (χ0n) is 15.1. The van der Waals surface area contributed by atoms with Crippen molar-refractivity contribution in [1.29, 1.82) is 0 Å². The second-order valence-electron chi connectivity index (χ2n) is 6.03. The first-order chi connectivity index (χ1) is 13.8. The van der Waals surface area contributed by atoms with E-state index in [4.69, 9.17) is 4.74 Å². The Hall–Kier alpha value is -3.30. The Labute approximate surface area is 166 Å². The van der Waals surface area contributed by atoms with Crippen molar-refractivity contribution < 1.29 is 27.1 Å². The molecule has 150 valence electrons. The Kier molecular flexibility index (Phi) is 6.20. The van der Waals surface area contributed by atoms with Crippen molar-refractivity contribution in [3.05, 3.63) is 72.5 Å². The first kappa shape index (κ1) is 20.4. The van der Waals surface area contributed by atoms with Gasteiger partial charge in [-0.2, -0.15) is 4.72 Å². The summed E-state index contributed by atoms with van der Waals surface area (Å²) in [6, 6.07) is 17.7. The molecular weight excluding hydrogens is 399 g/mol. The molecule has 0 atom stereocenters. The third-order valence-electron chi connectivity index (χ3n) is 3.93. The summed E-state index contributed by atoms with van der Waals surface area (Å²) in [7, 11) is -4.22. The summed E-state index contributed by atoms with van der Waals surface area (Å²) in [6.07, 6.45) is 0. The largest absolute Gasteiger partial charge is 0.455 e. The molecule has 9 heteroatoms. The first-order valence-corrected chi connectivity index (χ1v) is 10.0. The number of amides is 1. The number of sulfonamides is 1. The number of anilines is 1. The number of hydrogen-bond acceptors (Lipinski definition) is 5. The van der Waals surface area contributed by atoms with Gasteiger partial charge in [0.05, 0.1) is 0 Å². The molecule has 2 N–H and O–H groups in total. The minimum absolute atomic E-state index is 0.532. The molecule has 0 aliphatic rings. The lowest BCUT2D eigenvalue weighted by Gasteiger charge is -2.09. The van der Waals surface area contributed by atoms with Crippen molar-refractivity contribution in [3.8, 4) is 0 Å². The van der Waals surface area contributed by atoms with E-state index in [-0.39, 0.29) is 0 Å². The molecule has 3 rings (SSSR count). The van der Waals surface area contributed by atoms with Gasteiger partial charge in [0.15, 0.2) is 6.61 Å². The third kappa shape index (κ3) is 5.37. The Morgan fingerprint density at radius 1 is 0.931 bits per heavy atom. The van der Waals surface area contributed by atoms with Crippen LogP contribution in [0.5, 0.6) is 0 Å². The molecule has 0 aliphatic heterocycles. The van der Waals surface area contributed by atoms with Gasteiger partial charge >= 0.3 is 5.97 Å². The molecule has 0 bridgehead atoms. The maximum Gasteiger partial charge on any atom is 0.321 e. The van der Waals surface area contributed by atoms with Gasteiger partial charge < -0.3 is 10.1 Å². The van der Waals surface area contributed by atoms with Crippen LogP contribution in [0, 0.1) is 5.82 Å². The van der Waals surface area contributed by atoms with E-state index in [2.05, 4.69) is 5.32 Å². The van der Waals surface area contributed by atoms with Crippen LogP contribution >= 0.6 is 0 Å². The molecule has 7 nitrogen and oxygen atoms in total. The Morgan fingerprint density at radius 3 is 2.38 bits per heavy atom. The molecule has 0 heterocycles. The minimum Gasteiger partial charge on any atom is -0.455 e. The second-order valence-corrected chi connectivity index (χ2v) is 7.76. The maximum atomic E-state index is 13.6. The number of carbonyl (C=O) groups is 2. The highest BCUT2D eigenvalue weighted by Crippen LogP contribution is 2.18. The number of rotatable bonds is 7. The number of halogens is 1. The van der Waals surface area contributed by atoms with Crippen LogP contribution in [0.4, 0.5) is 10.1 Å². The van der Waals surface area contributed by atoms with Crippen LogP contribution in [-0.4, -0.2) is 33.4 Å². The molecule has 0 saturated carbocycles. The Bertz CT molecular complexity index is 1160. The predicted octanol–water partition coefficient (Wildman–Crippen LogP) is 2.44. The summed E-state index contributed by atoms with van der Waals surface area (Å²) in [5.74, 6) is -2.49. The molecule has 0 unspecified atom stereocenters. The summed E-state index contributed by atoms with van der Waals surface area (Å²) >= 11 is 0. The van der Waals surface area contributed by atoms with E-state index in [0.717, 1.165) is 22.9 Å². The highest BCUT2D eigenvalue weighted by atomic mass is 32.2. The zero-order valence-corrected chi connectivity index (χ0v) is 15.9. The summed E-state index contributed by atoms with van der Waals surface area (Å²) in [4.78, 5) is 23.1. The van der Waals surface area contributed by atoms with E-state index in [1.807, 2.05) is 35.1 Å². The van der Waals surface area contributed by atoms with Gasteiger partial charge in [-0.1, -0.05) is 42.5 Å². The molecule has 0 aromatic heterocycles. The van der Waals surface area contributed by atoms with Crippen molar-refractivity contribution in [2.24, 2.45) is 0 Å². The fourth-order valence-electron chi connectivity index (χ4n) is 2.56. The molecule has 3 aromatic rings. The highest BCUT2D eigenvalue weighted by molar-refractivity contribution is 7.89. The van der Waals surface area contributed by atoms with E-state index >= 15 is 0 Å². The van der Waals surface area contributed by atoms with Crippen molar-refractivity contribution in [3.63, 3.8) is 0 Å². The first-order valence-electron chi connectivity index (χ1n) is 8.54. The third-order valence-corrected chi connectivity index (χ3v) is 5.36. The molecule has 0 aliphatic carbocycles. The molecular formula is C20H17FN2O5S. The lowest BCUT2D eigenvalue weighted by molar-refractivity contribution is -0.146. The van der Waals surface area contributed by atoms with Gasteiger partial charge in [0.2, 0.25) is 10.0 Å². The number of esters is 1. The normalized spacial score (nSPS) is 11.2. The number of fused-ring (bicyclic) bond motifs is 1. The standard InChI is InChI=1S/C20H17FN2O5S/c21-17-7-3-4-8-18(17)29(26,27)22-12-20(25)28-13-19(24)23-16-10-9-14-5-1-2-6-15(14)11-16/h1-11,22H,12-13H2,(H,23,24). The molecule has 0 spiro atoms. The fourth-order valence-corrected chi connectivity index (χ4v) is 3.60. The zero-order chi connectivity index (χ0) is 20.9. The van der Waals surface area contributed by atoms with Gasteiger partial charge in [-0.3, -0.25) is 9.59 Å². The SMILES string of the molecule is O=C(COC(=O)CNS(=O)(=O)c1ccccc1F)Nc1ccc2ccccc2c1. The van der Waals surface area contributed by atoms with Crippen LogP contribution in [-0.2, 0) is 24.3 Å².